The molecule has 1 heterocycles. The van der Waals surface area contributed by atoms with Gasteiger partial charge in [-0.25, -0.2) is 9.90 Å². The Morgan fingerprint density at radius 2 is 2.23 bits per heavy atom. The number of hydrogen-bond donors (Lipinski definition) is 0. The van der Waals surface area contributed by atoms with E-state index in [-0.39, 0.29) is 9.65 Å². The Kier molecular flexibility index (Phi) is 4.35. The van der Waals surface area contributed by atoms with Crippen LogP contribution in [-0.4, -0.2) is 25.0 Å². The summed E-state index contributed by atoms with van der Waals surface area (Å²) in [5, 5.41) is 1.50. The number of ether oxygens (including phenoxy) is 1. The topological polar surface area (TPSA) is 21.7 Å². The van der Waals surface area contributed by atoms with Crippen molar-refractivity contribution in [1.29, 1.82) is 0 Å². The first-order chi connectivity index (χ1) is 6.15. The van der Waals surface area contributed by atoms with Gasteiger partial charge in [0.2, 0.25) is 6.29 Å². The Balaban J connectivity index is 2.65. The predicted molar refractivity (Wildman–Crippen MR) is 52.3 cm³/mol. The molecule has 6 heteroatoms. The number of nitrogens with zero attached hydrogens (tertiary/aromatic N) is 1. The molecule has 3 nitrogen and oxygen atoms in total. The molecule has 1 aliphatic rings. The molecular formula is C7H8Cl3NO2. The zero-order valence-corrected chi connectivity index (χ0v) is 9.10. The highest BCUT2D eigenvalue weighted by Gasteiger charge is 2.18. The lowest BCUT2D eigenvalue weighted by Gasteiger charge is -2.28. The summed E-state index contributed by atoms with van der Waals surface area (Å²) in [4.78, 5) is 5.22. The second kappa shape index (κ2) is 5.08. The first-order valence-corrected chi connectivity index (χ1v) is 4.63. The van der Waals surface area contributed by atoms with Crippen molar-refractivity contribution in [3.63, 3.8) is 0 Å². The van der Waals surface area contributed by atoms with Gasteiger partial charge < -0.3 is 4.74 Å². The molecule has 0 aromatic heterocycles. The minimum atomic E-state index is -0.449. The molecule has 1 aliphatic heterocycles. The molecule has 0 radical (unpaired) electrons. The molecule has 1 atom stereocenters. The average Bonchev–Trinajstić information content (AvgIpc) is 2.16. The maximum atomic E-state index is 5.74. The van der Waals surface area contributed by atoms with Gasteiger partial charge in [-0.2, -0.15) is 0 Å². The summed E-state index contributed by atoms with van der Waals surface area (Å²) in [5.74, 6) is 0. The van der Waals surface area contributed by atoms with Crippen molar-refractivity contribution < 1.29 is 9.57 Å². The van der Waals surface area contributed by atoms with Gasteiger partial charge in [0.1, 0.15) is 4.49 Å². The molecule has 1 unspecified atom stereocenters. The van der Waals surface area contributed by atoms with E-state index < -0.39 is 6.29 Å². The van der Waals surface area contributed by atoms with E-state index in [1.54, 1.807) is 6.08 Å². The van der Waals surface area contributed by atoms with Crippen LogP contribution < -0.4 is 0 Å². The quantitative estimate of drug-likeness (QED) is 0.550. The van der Waals surface area contributed by atoms with Crippen LogP contribution in [-0.2, 0) is 9.57 Å². The van der Waals surface area contributed by atoms with Crippen molar-refractivity contribution >= 4 is 34.8 Å². The van der Waals surface area contributed by atoms with Gasteiger partial charge in [-0.3, -0.25) is 0 Å². The molecule has 0 bridgehead atoms. The van der Waals surface area contributed by atoms with Crippen LogP contribution in [0.25, 0.3) is 0 Å². The molecule has 74 valence electrons. The molecule has 0 fully saturated rings. The SMILES string of the molecule is COC1C=CCN(C(Cl)=C(Cl)Cl)O1. The lowest BCUT2D eigenvalue weighted by molar-refractivity contribution is -0.234. The summed E-state index contributed by atoms with van der Waals surface area (Å²) in [7, 11) is 1.53. The van der Waals surface area contributed by atoms with Gasteiger partial charge in [-0.15, -0.1) is 0 Å². The second-order valence-corrected chi connectivity index (χ2v) is 3.56. The van der Waals surface area contributed by atoms with Crippen molar-refractivity contribution in [3.8, 4) is 0 Å². The molecule has 1 rings (SSSR count). The van der Waals surface area contributed by atoms with E-state index in [1.807, 2.05) is 6.08 Å². The Bertz CT molecular complexity index is 238. The van der Waals surface area contributed by atoms with Crippen molar-refractivity contribution in [2.45, 2.75) is 6.29 Å². The van der Waals surface area contributed by atoms with E-state index in [4.69, 9.17) is 44.4 Å². The zero-order valence-electron chi connectivity index (χ0n) is 6.84. The largest absolute Gasteiger partial charge is 0.350 e. The van der Waals surface area contributed by atoms with E-state index >= 15 is 0 Å². The molecule has 0 spiro atoms. The third-order valence-electron chi connectivity index (χ3n) is 1.40. The van der Waals surface area contributed by atoms with E-state index in [1.165, 1.54) is 12.2 Å². The first kappa shape index (κ1) is 11.1. The fraction of sp³-hybridized carbons (Fsp3) is 0.429. The minimum absolute atomic E-state index is 0.0354. The standard InChI is InChI=1S/C7H8Cl3NO2/c1-12-5-3-2-4-11(13-5)7(10)6(8)9/h2-3,5H,4H2,1H3. The molecule has 0 aliphatic carbocycles. The lowest BCUT2D eigenvalue weighted by atomic mass is 10.4. The molecule has 0 N–H and O–H groups in total. The van der Waals surface area contributed by atoms with Crippen molar-refractivity contribution in [2.24, 2.45) is 0 Å². The third-order valence-corrected chi connectivity index (χ3v) is 2.33. The maximum absolute atomic E-state index is 5.74. The number of halogens is 3. The highest BCUT2D eigenvalue weighted by molar-refractivity contribution is 6.59. The number of rotatable bonds is 2. The van der Waals surface area contributed by atoms with Crippen LogP contribution in [0.15, 0.2) is 21.8 Å². The molecule has 13 heavy (non-hydrogen) atoms. The Labute approximate surface area is 91.4 Å². The summed E-state index contributed by atoms with van der Waals surface area (Å²) in [6.07, 6.45) is 3.16. The van der Waals surface area contributed by atoms with Gasteiger partial charge in [0.15, 0.2) is 5.16 Å². The van der Waals surface area contributed by atoms with E-state index in [2.05, 4.69) is 0 Å². The van der Waals surface area contributed by atoms with Gasteiger partial charge >= 0.3 is 0 Å². The number of hydroxylamine groups is 2. The third kappa shape index (κ3) is 3.04. The van der Waals surface area contributed by atoms with Gasteiger partial charge in [0.25, 0.3) is 0 Å². The normalized spacial score (nSPS) is 21.8. The van der Waals surface area contributed by atoms with Crippen LogP contribution >= 0.6 is 34.8 Å². The Hall–Kier alpha value is 0.0700. The molecule has 0 aromatic carbocycles. The maximum Gasteiger partial charge on any atom is 0.202 e. The number of hydrogen-bond acceptors (Lipinski definition) is 3. The number of methoxy groups -OCH3 is 1. The summed E-state index contributed by atoms with van der Waals surface area (Å²) in [5.41, 5.74) is 0. The zero-order chi connectivity index (χ0) is 9.84. The molecule has 0 saturated carbocycles. The van der Waals surface area contributed by atoms with Crippen LogP contribution in [0.3, 0.4) is 0 Å². The van der Waals surface area contributed by atoms with Gasteiger partial charge in [-0.05, 0) is 6.08 Å². The van der Waals surface area contributed by atoms with E-state index in [0.717, 1.165) is 0 Å². The van der Waals surface area contributed by atoms with E-state index in [9.17, 15) is 0 Å². The first-order valence-electron chi connectivity index (χ1n) is 3.49. The van der Waals surface area contributed by atoms with Crippen LogP contribution in [0.2, 0.25) is 0 Å². The van der Waals surface area contributed by atoms with E-state index in [0.29, 0.717) is 6.54 Å². The second-order valence-electron chi connectivity index (χ2n) is 2.25. The summed E-state index contributed by atoms with van der Waals surface area (Å²) < 4.78 is 4.90. The molecular weight excluding hydrogens is 236 g/mol. The minimum Gasteiger partial charge on any atom is -0.350 e. The highest BCUT2D eigenvalue weighted by Crippen LogP contribution is 2.24. The molecule has 0 amide bonds. The Morgan fingerprint density at radius 3 is 2.77 bits per heavy atom. The van der Waals surface area contributed by atoms with Crippen LogP contribution in [0.4, 0.5) is 0 Å². The molecule has 0 aromatic rings. The Morgan fingerprint density at radius 1 is 1.54 bits per heavy atom. The predicted octanol–water partition coefficient (Wildman–Crippen LogP) is 2.61. The fourth-order valence-corrected chi connectivity index (χ4v) is 1.11. The van der Waals surface area contributed by atoms with Crippen molar-refractivity contribution in [1.82, 2.24) is 5.06 Å². The van der Waals surface area contributed by atoms with Gasteiger partial charge in [-0.1, -0.05) is 40.9 Å². The van der Waals surface area contributed by atoms with Gasteiger partial charge in [0.05, 0.1) is 6.54 Å². The van der Waals surface area contributed by atoms with Crippen LogP contribution in [0.5, 0.6) is 0 Å². The van der Waals surface area contributed by atoms with Crippen molar-refractivity contribution in [3.05, 3.63) is 21.8 Å². The van der Waals surface area contributed by atoms with Crippen LogP contribution in [0, 0.1) is 0 Å². The lowest BCUT2D eigenvalue weighted by Crippen LogP contribution is -2.31. The highest BCUT2D eigenvalue weighted by atomic mass is 35.5. The monoisotopic (exact) mass is 243 g/mol. The average molecular weight is 245 g/mol. The van der Waals surface area contributed by atoms with Gasteiger partial charge in [0, 0.05) is 7.11 Å². The van der Waals surface area contributed by atoms with Crippen molar-refractivity contribution in [2.75, 3.05) is 13.7 Å². The van der Waals surface area contributed by atoms with Crippen LogP contribution in [0.1, 0.15) is 0 Å². The molecule has 0 saturated heterocycles. The summed E-state index contributed by atoms with van der Waals surface area (Å²) in [6.45, 7) is 0.488. The fourth-order valence-electron chi connectivity index (χ4n) is 0.814. The smallest absolute Gasteiger partial charge is 0.202 e. The summed E-state index contributed by atoms with van der Waals surface area (Å²) >= 11 is 16.7. The summed E-state index contributed by atoms with van der Waals surface area (Å²) in [6, 6.07) is 0.